The lowest BCUT2D eigenvalue weighted by Crippen LogP contribution is -2.24. The molecule has 3 heteroatoms. The number of carbonyl (C=O) groups is 1. The highest BCUT2D eigenvalue weighted by Crippen LogP contribution is 2.24. The van der Waals surface area contributed by atoms with E-state index in [0.717, 1.165) is 24.8 Å². The van der Waals surface area contributed by atoms with Gasteiger partial charge in [0.1, 0.15) is 0 Å². The van der Waals surface area contributed by atoms with Crippen molar-refractivity contribution < 1.29 is 9.90 Å². The van der Waals surface area contributed by atoms with E-state index in [-0.39, 0.29) is 12.5 Å². The lowest BCUT2D eigenvalue weighted by atomic mass is 9.92. The highest BCUT2D eigenvalue weighted by atomic mass is 16.3. The van der Waals surface area contributed by atoms with E-state index in [1.807, 2.05) is 24.3 Å². The Bertz CT molecular complexity index is 428. The van der Waals surface area contributed by atoms with Crippen LogP contribution in [-0.4, -0.2) is 17.6 Å². The highest BCUT2D eigenvalue weighted by Gasteiger charge is 2.09. The van der Waals surface area contributed by atoms with Crippen LogP contribution in [0.4, 0.5) is 0 Å². The van der Waals surface area contributed by atoms with Crippen molar-refractivity contribution in [2.24, 2.45) is 0 Å². The van der Waals surface area contributed by atoms with Gasteiger partial charge in [0.15, 0.2) is 0 Å². The maximum Gasteiger partial charge on any atom is 0.243 e. The average molecular weight is 245 g/mol. The third kappa shape index (κ3) is 3.70. The zero-order valence-electron chi connectivity index (χ0n) is 10.5. The van der Waals surface area contributed by atoms with Crippen LogP contribution in [0.15, 0.2) is 35.9 Å². The van der Waals surface area contributed by atoms with Crippen molar-refractivity contribution in [3.63, 3.8) is 0 Å². The molecule has 1 aromatic rings. The third-order valence-electron chi connectivity index (χ3n) is 3.25. The average Bonchev–Trinajstić information content (AvgIpc) is 2.35. The zero-order valence-corrected chi connectivity index (χ0v) is 10.5. The van der Waals surface area contributed by atoms with E-state index in [0.29, 0.717) is 6.54 Å². The molecule has 0 aromatic heterocycles. The molecule has 3 nitrogen and oxygen atoms in total. The predicted molar refractivity (Wildman–Crippen MR) is 71.0 cm³/mol. The Hall–Kier alpha value is -1.61. The molecule has 0 heterocycles. The van der Waals surface area contributed by atoms with Crippen LogP contribution in [0.2, 0.25) is 0 Å². The molecule has 1 amide bonds. The Morgan fingerprint density at radius 2 is 1.89 bits per heavy atom. The SMILES string of the molecule is O=C(C=C1CCC1)NCCc1ccc(CO)cc1. The van der Waals surface area contributed by atoms with Crippen LogP contribution >= 0.6 is 0 Å². The summed E-state index contributed by atoms with van der Waals surface area (Å²) in [5, 5.41) is 11.8. The molecule has 2 N–H and O–H groups in total. The van der Waals surface area contributed by atoms with Crippen LogP contribution in [0.5, 0.6) is 0 Å². The number of hydrogen-bond donors (Lipinski definition) is 2. The lowest BCUT2D eigenvalue weighted by molar-refractivity contribution is -0.116. The summed E-state index contributed by atoms with van der Waals surface area (Å²) in [5.74, 6) is 0.0247. The van der Waals surface area contributed by atoms with Crippen LogP contribution in [0, 0.1) is 0 Å². The van der Waals surface area contributed by atoms with Gasteiger partial charge >= 0.3 is 0 Å². The van der Waals surface area contributed by atoms with Crippen molar-refractivity contribution in [1.82, 2.24) is 5.32 Å². The highest BCUT2D eigenvalue weighted by molar-refractivity contribution is 5.88. The summed E-state index contributed by atoms with van der Waals surface area (Å²) in [6, 6.07) is 7.80. The largest absolute Gasteiger partial charge is 0.392 e. The van der Waals surface area contributed by atoms with Crippen molar-refractivity contribution in [2.75, 3.05) is 6.54 Å². The van der Waals surface area contributed by atoms with E-state index in [2.05, 4.69) is 5.32 Å². The first kappa shape index (κ1) is 12.8. The van der Waals surface area contributed by atoms with Gasteiger partial charge in [0.2, 0.25) is 5.91 Å². The molecule has 2 rings (SSSR count). The molecule has 0 unspecified atom stereocenters. The fraction of sp³-hybridized carbons (Fsp3) is 0.400. The monoisotopic (exact) mass is 245 g/mol. The molecule has 0 saturated heterocycles. The molecule has 1 aliphatic carbocycles. The maximum absolute atomic E-state index is 11.5. The fourth-order valence-corrected chi connectivity index (χ4v) is 1.90. The van der Waals surface area contributed by atoms with Crippen LogP contribution in [0.25, 0.3) is 0 Å². The summed E-state index contributed by atoms with van der Waals surface area (Å²) in [7, 11) is 0. The van der Waals surface area contributed by atoms with Gasteiger partial charge in [-0.2, -0.15) is 0 Å². The number of aliphatic hydroxyl groups excluding tert-OH is 1. The van der Waals surface area contributed by atoms with Crippen LogP contribution in [-0.2, 0) is 17.8 Å². The van der Waals surface area contributed by atoms with Crippen LogP contribution < -0.4 is 5.32 Å². The zero-order chi connectivity index (χ0) is 12.8. The van der Waals surface area contributed by atoms with E-state index in [9.17, 15) is 4.79 Å². The van der Waals surface area contributed by atoms with Gasteiger partial charge in [-0.3, -0.25) is 4.79 Å². The summed E-state index contributed by atoms with van der Waals surface area (Å²) < 4.78 is 0. The minimum atomic E-state index is 0.0247. The lowest BCUT2D eigenvalue weighted by Gasteiger charge is -2.15. The second-order valence-corrected chi connectivity index (χ2v) is 4.67. The van der Waals surface area contributed by atoms with Gasteiger partial charge in [-0.1, -0.05) is 29.8 Å². The molecule has 0 spiro atoms. The summed E-state index contributed by atoms with van der Waals surface area (Å²) in [5.41, 5.74) is 3.35. The van der Waals surface area contributed by atoms with Crippen LogP contribution in [0.3, 0.4) is 0 Å². The molecular weight excluding hydrogens is 226 g/mol. The molecule has 1 fully saturated rings. The summed E-state index contributed by atoms with van der Waals surface area (Å²) in [6.45, 7) is 0.728. The molecule has 0 aliphatic heterocycles. The van der Waals surface area contributed by atoms with Crippen molar-refractivity contribution >= 4 is 5.91 Å². The van der Waals surface area contributed by atoms with Crippen molar-refractivity contribution in [3.8, 4) is 0 Å². The Morgan fingerprint density at radius 1 is 1.22 bits per heavy atom. The van der Waals surface area contributed by atoms with Gasteiger partial charge in [0.25, 0.3) is 0 Å². The first-order valence-electron chi connectivity index (χ1n) is 6.44. The number of carbonyl (C=O) groups excluding carboxylic acids is 1. The molecule has 0 radical (unpaired) electrons. The minimum Gasteiger partial charge on any atom is -0.392 e. The number of amides is 1. The second-order valence-electron chi connectivity index (χ2n) is 4.67. The summed E-state index contributed by atoms with van der Waals surface area (Å²) in [6.07, 6.45) is 5.93. The number of aliphatic hydroxyl groups is 1. The van der Waals surface area contributed by atoms with Gasteiger partial charge < -0.3 is 10.4 Å². The van der Waals surface area contributed by atoms with Crippen LogP contribution in [0.1, 0.15) is 30.4 Å². The predicted octanol–water partition coefficient (Wildman–Crippen LogP) is 1.95. The Kier molecular flexibility index (Phi) is 4.53. The van der Waals surface area contributed by atoms with E-state index in [1.165, 1.54) is 17.6 Å². The van der Waals surface area contributed by atoms with E-state index < -0.39 is 0 Å². The van der Waals surface area contributed by atoms with E-state index in [1.54, 1.807) is 6.08 Å². The minimum absolute atomic E-state index is 0.0247. The fourth-order valence-electron chi connectivity index (χ4n) is 1.90. The molecule has 1 aromatic carbocycles. The quantitative estimate of drug-likeness (QED) is 0.779. The van der Waals surface area contributed by atoms with E-state index >= 15 is 0 Å². The molecular formula is C15H19NO2. The topological polar surface area (TPSA) is 49.3 Å². The first-order valence-corrected chi connectivity index (χ1v) is 6.44. The Balaban J connectivity index is 1.72. The number of benzene rings is 1. The van der Waals surface area contributed by atoms with Gasteiger partial charge in [-0.15, -0.1) is 0 Å². The smallest absolute Gasteiger partial charge is 0.243 e. The van der Waals surface area contributed by atoms with Crippen molar-refractivity contribution in [2.45, 2.75) is 32.3 Å². The van der Waals surface area contributed by atoms with E-state index in [4.69, 9.17) is 5.11 Å². The Morgan fingerprint density at radius 3 is 2.44 bits per heavy atom. The maximum atomic E-state index is 11.5. The van der Waals surface area contributed by atoms with Gasteiger partial charge in [-0.25, -0.2) is 0 Å². The normalized spacial score (nSPS) is 13.9. The third-order valence-corrected chi connectivity index (χ3v) is 3.25. The number of hydrogen-bond acceptors (Lipinski definition) is 2. The molecule has 0 atom stereocenters. The van der Waals surface area contributed by atoms with Crippen molar-refractivity contribution in [3.05, 3.63) is 47.0 Å². The van der Waals surface area contributed by atoms with Crippen molar-refractivity contribution in [1.29, 1.82) is 0 Å². The number of nitrogens with one attached hydrogen (secondary N) is 1. The number of rotatable bonds is 5. The van der Waals surface area contributed by atoms with Gasteiger partial charge in [0.05, 0.1) is 6.61 Å². The Labute approximate surface area is 108 Å². The first-order chi connectivity index (χ1) is 8.78. The molecule has 0 bridgehead atoms. The standard InChI is InChI=1S/C15H19NO2/c17-11-14-6-4-12(5-7-14)8-9-16-15(18)10-13-2-1-3-13/h4-7,10,17H,1-3,8-9,11H2,(H,16,18). The molecule has 96 valence electrons. The van der Waals surface area contributed by atoms with Gasteiger partial charge in [0, 0.05) is 12.6 Å². The number of allylic oxidation sites excluding steroid dienone is 1. The summed E-state index contributed by atoms with van der Waals surface area (Å²) in [4.78, 5) is 11.5. The molecule has 1 aliphatic rings. The van der Waals surface area contributed by atoms with Gasteiger partial charge in [-0.05, 0) is 36.8 Å². The molecule has 18 heavy (non-hydrogen) atoms. The molecule has 1 saturated carbocycles. The second kappa shape index (κ2) is 6.36. The summed E-state index contributed by atoms with van der Waals surface area (Å²) >= 11 is 0.